The number of carbonyl (C=O) groups excluding carboxylic acids is 1. The van der Waals surface area contributed by atoms with Gasteiger partial charge in [-0.3, -0.25) is 4.79 Å². The molecule has 1 aliphatic heterocycles. The summed E-state index contributed by atoms with van der Waals surface area (Å²) in [6.45, 7) is 5.89. The molecule has 1 amide bonds. The van der Waals surface area contributed by atoms with Crippen LogP contribution in [0.1, 0.15) is 51.6 Å². The summed E-state index contributed by atoms with van der Waals surface area (Å²) in [5.74, 6) is -0.281. The van der Waals surface area contributed by atoms with Gasteiger partial charge in [-0.05, 0) is 45.7 Å². The van der Waals surface area contributed by atoms with Crippen molar-refractivity contribution >= 4 is 21.8 Å². The minimum atomic E-state index is -0.423. The van der Waals surface area contributed by atoms with E-state index >= 15 is 0 Å². The normalized spacial score (nSPS) is 24.1. The molecule has 0 aliphatic carbocycles. The van der Waals surface area contributed by atoms with E-state index in [1.54, 1.807) is 17.0 Å². The minimum Gasteiger partial charge on any atom is -0.329 e. The molecule has 0 bridgehead atoms. The molecule has 2 unspecified atom stereocenters. The van der Waals surface area contributed by atoms with Crippen LogP contribution in [0.4, 0.5) is 4.39 Å². The van der Waals surface area contributed by atoms with Gasteiger partial charge in [0.1, 0.15) is 5.82 Å². The molecular formula is C16H22BrFN2O. The first-order chi connectivity index (χ1) is 9.71. The molecule has 0 spiro atoms. The maximum absolute atomic E-state index is 14.4. The highest BCUT2D eigenvalue weighted by Crippen LogP contribution is 2.37. The molecule has 1 aliphatic rings. The Bertz CT molecular complexity index is 542. The molecule has 3 nitrogen and oxygen atoms in total. The van der Waals surface area contributed by atoms with Crippen LogP contribution in [-0.4, -0.2) is 22.4 Å². The third-order valence-corrected chi connectivity index (χ3v) is 4.38. The van der Waals surface area contributed by atoms with Crippen LogP contribution < -0.4 is 5.73 Å². The molecule has 1 saturated heterocycles. The van der Waals surface area contributed by atoms with Crippen molar-refractivity contribution in [2.45, 2.75) is 57.7 Å². The van der Waals surface area contributed by atoms with Gasteiger partial charge in [-0.1, -0.05) is 22.0 Å². The van der Waals surface area contributed by atoms with Gasteiger partial charge in [0.05, 0.1) is 6.04 Å². The first-order valence-electron chi connectivity index (χ1n) is 7.24. The lowest BCUT2D eigenvalue weighted by Crippen LogP contribution is -2.51. The smallest absolute Gasteiger partial charge is 0.223 e. The van der Waals surface area contributed by atoms with Gasteiger partial charge >= 0.3 is 0 Å². The zero-order valence-corrected chi connectivity index (χ0v) is 14.3. The standard InChI is InChI=1S/C16H22BrFN2O/c1-16(2,3)20-14(21)6-4-5-13(19)15(20)11-8-7-10(17)9-12(11)18/h7-9,13,15H,4-6,19H2,1-3H3. The Morgan fingerprint density at radius 3 is 2.62 bits per heavy atom. The number of hydrogen-bond acceptors (Lipinski definition) is 2. The lowest BCUT2D eigenvalue weighted by Gasteiger charge is -2.43. The van der Waals surface area contributed by atoms with E-state index in [4.69, 9.17) is 5.73 Å². The Labute approximate surface area is 133 Å². The maximum Gasteiger partial charge on any atom is 0.223 e. The third-order valence-electron chi connectivity index (χ3n) is 3.88. The molecule has 1 fully saturated rings. The Kier molecular flexibility index (Phi) is 4.73. The van der Waals surface area contributed by atoms with E-state index in [1.165, 1.54) is 6.07 Å². The second-order valence-corrected chi connectivity index (χ2v) is 7.52. The lowest BCUT2D eigenvalue weighted by molar-refractivity contribution is -0.139. The van der Waals surface area contributed by atoms with Crippen LogP contribution in [0.3, 0.4) is 0 Å². The van der Waals surface area contributed by atoms with Crippen LogP contribution in [0.25, 0.3) is 0 Å². The molecule has 1 heterocycles. The van der Waals surface area contributed by atoms with Crippen molar-refractivity contribution in [3.05, 3.63) is 34.1 Å². The lowest BCUT2D eigenvalue weighted by atomic mass is 9.92. The van der Waals surface area contributed by atoms with Crippen LogP contribution in [0.15, 0.2) is 22.7 Å². The molecule has 0 saturated carbocycles. The highest BCUT2D eigenvalue weighted by molar-refractivity contribution is 9.10. The summed E-state index contributed by atoms with van der Waals surface area (Å²) in [5, 5.41) is 0. The number of rotatable bonds is 1. The molecule has 2 N–H and O–H groups in total. The van der Waals surface area contributed by atoms with Crippen LogP contribution in [0.5, 0.6) is 0 Å². The average molecular weight is 357 g/mol. The molecule has 21 heavy (non-hydrogen) atoms. The number of amides is 1. The zero-order chi connectivity index (χ0) is 15.8. The largest absolute Gasteiger partial charge is 0.329 e. The Balaban J connectivity index is 2.54. The predicted octanol–water partition coefficient (Wildman–Crippen LogP) is 3.77. The van der Waals surface area contributed by atoms with Crippen molar-refractivity contribution in [2.75, 3.05) is 0 Å². The highest BCUT2D eigenvalue weighted by Gasteiger charge is 2.40. The Morgan fingerprint density at radius 2 is 2.05 bits per heavy atom. The van der Waals surface area contributed by atoms with Gasteiger partial charge in [0.2, 0.25) is 5.91 Å². The van der Waals surface area contributed by atoms with Crippen molar-refractivity contribution in [1.29, 1.82) is 0 Å². The van der Waals surface area contributed by atoms with Gasteiger partial charge in [-0.25, -0.2) is 4.39 Å². The highest BCUT2D eigenvalue weighted by atomic mass is 79.9. The summed E-state index contributed by atoms with van der Waals surface area (Å²) >= 11 is 3.27. The van der Waals surface area contributed by atoms with E-state index in [-0.39, 0.29) is 17.8 Å². The fraction of sp³-hybridized carbons (Fsp3) is 0.562. The molecule has 1 aromatic carbocycles. The number of nitrogens with two attached hydrogens (primary N) is 1. The monoisotopic (exact) mass is 356 g/mol. The molecule has 5 heteroatoms. The third kappa shape index (κ3) is 3.46. The number of carbonyl (C=O) groups is 1. The van der Waals surface area contributed by atoms with E-state index in [9.17, 15) is 9.18 Å². The fourth-order valence-electron chi connectivity index (χ4n) is 3.02. The Morgan fingerprint density at radius 1 is 1.38 bits per heavy atom. The molecule has 2 rings (SSSR count). The van der Waals surface area contributed by atoms with Crippen LogP contribution in [0.2, 0.25) is 0 Å². The molecule has 1 aromatic rings. The van der Waals surface area contributed by atoms with E-state index in [1.807, 2.05) is 20.8 Å². The molecule has 0 aromatic heterocycles. The van der Waals surface area contributed by atoms with Crippen molar-refractivity contribution in [1.82, 2.24) is 4.90 Å². The number of halogens is 2. The minimum absolute atomic E-state index is 0.0442. The average Bonchev–Trinajstić information content (AvgIpc) is 2.48. The summed E-state index contributed by atoms with van der Waals surface area (Å²) in [7, 11) is 0. The number of likely N-dealkylation sites (tertiary alicyclic amines) is 1. The summed E-state index contributed by atoms with van der Waals surface area (Å²) < 4.78 is 15.1. The zero-order valence-electron chi connectivity index (χ0n) is 12.7. The van der Waals surface area contributed by atoms with E-state index in [0.717, 1.165) is 12.8 Å². The fourth-order valence-corrected chi connectivity index (χ4v) is 3.35. The SMILES string of the molecule is CC(C)(C)N1C(=O)CCCC(N)C1c1ccc(Br)cc1F. The van der Waals surface area contributed by atoms with Gasteiger partial charge in [0.15, 0.2) is 0 Å². The molecule has 116 valence electrons. The number of benzene rings is 1. The predicted molar refractivity (Wildman–Crippen MR) is 85.3 cm³/mol. The topological polar surface area (TPSA) is 46.3 Å². The first kappa shape index (κ1) is 16.4. The van der Waals surface area contributed by atoms with Crippen LogP contribution >= 0.6 is 15.9 Å². The van der Waals surface area contributed by atoms with Gasteiger partial charge < -0.3 is 10.6 Å². The van der Waals surface area contributed by atoms with E-state index in [0.29, 0.717) is 16.5 Å². The second-order valence-electron chi connectivity index (χ2n) is 6.60. The molecule has 2 atom stereocenters. The molecular weight excluding hydrogens is 335 g/mol. The summed E-state index contributed by atoms with van der Waals surface area (Å²) in [4.78, 5) is 14.3. The van der Waals surface area contributed by atoms with Crippen molar-refractivity contribution in [2.24, 2.45) is 5.73 Å². The maximum atomic E-state index is 14.4. The van der Waals surface area contributed by atoms with E-state index < -0.39 is 11.6 Å². The van der Waals surface area contributed by atoms with Crippen LogP contribution in [0, 0.1) is 5.82 Å². The van der Waals surface area contributed by atoms with Gasteiger partial charge in [-0.2, -0.15) is 0 Å². The van der Waals surface area contributed by atoms with Crippen LogP contribution in [-0.2, 0) is 4.79 Å². The Hall–Kier alpha value is -0.940. The first-order valence-corrected chi connectivity index (χ1v) is 8.04. The van der Waals surface area contributed by atoms with Crippen molar-refractivity contribution in [3.8, 4) is 0 Å². The van der Waals surface area contributed by atoms with E-state index in [2.05, 4.69) is 15.9 Å². The molecule has 0 radical (unpaired) electrons. The summed E-state index contributed by atoms with van der Waals surface area (Å²) in [6, 6.07) is 4.26. The van der Waals surface area contributed by atoms with Crippen molar-refractivity contribution < 1.29 is 9.18 Å². The van der Waals surface area contributed by atoms with Gasteiger partial charge in [0, 0.05) is 28.0 Å². The number of nitrogens with zero attached hydrogens (tertiary/aromatic N) is 1. The summed E-state index contributed by atoms with van der Waals surface area (Å²) in [6.07, 6.45) is 1.94. The summed E-state index contributed by atoms with van der Waals surface area (Å²) in [5.41, 5.74) is 6.39. The van der Waals surface area contributed by atoms with Gasteiger partial charge in [0.25, 0.3) is 0 Å². The number of hydrogen-bond donors (Lipinski definition) is 1. The van der Waals surface area contributed by atoms with Gasteiger partial charge in [-0.15, -0.1) is 0 Å². The second kappa shape index (κ2) is 6.05. The van der Waals surface area contributed by atoms with Crippen molar-refractivity contribution in [3.63, 3.8) is 0 Å². The quantitative estimate of drug-likeness (QED) is 0.832.